The van der Waals surface area contributed by atoms with E-state index in [0.717, 1.165) is 12.0 Å². The molecule has 0 radical (unpaired) electrons. The molecular formula is C15H24N2O3. The number of methoxy groups -OCH3 is 2. The van der Waals surface area contributed by atoms with Crippen molar-refractivity contribution in [3.8, 4) is 11.5 Å². The zero-order chi connectivity index (χ0) is 15.0. The number of ether oxygens (including phenoxy) is 2. The predicted molar refractivity (Wildman–Crippen MR) is 79.1 cm³/mol. The number of hydrogen-bond acceptors (Lipinski definition) is 4. The molecule has 1 atom stereocenters. The summed E-state index contributed by atoms with van der Waals surface area (Å²) in [7, 11) is 3.21. The Labute approximate surface area is 120 Å². The summed E-state index contributed by atoms with van der Waals surface area (Å²) < 4.78 is 10.4. The first-order chi connectivity index (χ1) is 9.60. The molecule has 20 heavy (non-hydrogen) atoms. The summed E-state index contributed by atoms with van der Waals surface area (Å²) in [4.78, 5) is 11.6. The lowest BCUT2D eigenvalue weighted by Crippen LogP contribution is -2.38. The first kappa shape index (κ1) is 16.3. The minimum absolute atomic E-state index is 0.0137. The molecule has 0 aliphatic carbocycles. The lowest BCUT2D eigenvalue weighted by atomic mass is 10.2. The second-order valence-electron chi connectivity index (χ2n) is 4.67. The molecule has 0 aliphatic heterocycles. The quantitative estimate of drug-likeness (QED) is 0.761. The number of rotatable bonds is 8. The van der Waals surface area contributed by atoms with Crippen LogP contribution in [0.1, 0.15) is 25.8 Å². The fraction of sp³-hybridized carbons (Fsp3) is 0.533. The molecule has 0 fully saturated rings. The molecule has 5 nitrogen and oxygen atoms in total. The van der Waals surface area contributed by atoms with Crippen molar-refractivity contribution >= 4 is 5.91 Å². The Morgan fingerprint density at radius 1 is 1.25 bits per heavy atom. The average molecular weight is 280 g/mol. The van der Waals surface area contributed by atoms with Crippen molar-refractivity contribution in [3.63, 3.8) is 0 Å². The van der Waals surface area contributed by atoms with E-state index in [4.69, 9.17) is 9.47 Å². The Morgan fingerprint density at radius 3 is 2.55 bits per heavy atom. The van der Waals surface area contributed by atoms with Gasteiger partial charge in [-0.15, -0.1) is 0 Å². The van der Waals surface area contributed by atoms with Gasteiger partial charge in [0.2, 0.25) is 5.91 Å². The van der Waals surface area contributed by atoms with Gasteiger partial charge in [0.25, 0.3) is 0 Å². The van der Waals surface area contributed by atoms with Crippen molar-refractivity contribution in [3.05, 3.63) is 23.8 Å². The third kappa shape index (κ3) is 5.09. The summed E-state index contributed by atoms with van der Waals surface area (Å²) >= 11 is 0. The molecule has 0 spiro atoms. The Balaban J connectivity index is 2.44. The van der Waals surface area contributed by atoms with E-state index < -0.39 is 0 Å². The Morgan fingerprint density at radius 2 is 1.95 bits per heavy atom. The van der Waals surface area contributed by atoms with Gasteiger partial charge in [-0.1, -0.05) is 13.0 Å². The molecule has 0 bridgehead atoms. The number of amides is 1. The summed E-state index contributed by atoms with van der Waals surface area (Å²) in [6, 6.07) is 5.92. The predicted octanol–water partition coefficient (Wildman–Crippen LogP) is 1.71. The molecule has 112 valence electrons. The van der Waals surface area contributed by atoms with Crippen LogP contribution < -0.4 is 20.1 Å². The van der Waals surface area contributed by atoms with Gasteiger partial charge in [0.15, 0.2) is 11.5 Å². The van der Waals surface area contributed by atoms with Crippen molar-refractivity contribution in [2.75, 3.05) is 20.8 Å². The van der Waals surface area contributed by atoms with Crippen LogP contribution in [-0.2, 0) is 11.3 Å². The van der Waals surface area contributed by atoms with E-state index >= 15 is 0 Å². The lowest BCUT2D eigenvalue weighted by molar-refractivity contribution is -0.120. The van der Waals surface area contributed by atoms with Gasteiger partial charge in [-0.2, -0.15) is 0 Å². The number of nitrogens with one attached hydrogen (secondary N) is 2. The third-order valence-corrected chi connectivity index (χ3v) is 3.08. The van der Waals surface area contributed by atoms with Crippen molar-refractivity contribution < 1.29 is 14.3 Å². The summed E-state index contributed by atoms with van der Waals surface area (Å²) in [6.07, 6.45) is 0.932. The molecule has 1 aromatic rings. The van der Waals surface area contributed by atoms with E-state index in [1.807, 2.05) is 32.0 Å². The minimum atomic E-state index is 0.0137. The number of carbonyl (C=O) groups is 1. The molecule has 0 saturated carbocycles. The Bertz CT molecular complexity index is 435. The van der Waals surface area contributed by atoms with Crippen molar-refractivity contribution in [2.45, 2.75) is 32.9 Å². The average Bonchev–Trinajstić information content (AvgIpc) is 2.46. The van der Waals surface area contributed by atoms with Gasteiger partial charge in [-0.25, -0.2) is 0 Å². The highest BCUT2D eigenvalue weighted by molar-refractivity contribution is 5.78. The van der Waals surface area contributed by atoms with E-state index in [9.17, 15) is 4.79 Å². The van der Waals surface area contributed by atoms with E-state index in [-0.39, 0.29) is 11.9 Å². The summed E-state index contributed by atoms with van der Waals surface area (Å²) in [5.74, 6) is 1.40. The molecule has 2 N–H and O–H groups in total. The van der Waals surface area contributed by atoms with Gasteiger partial charge in [0, 0.05) is 12.6 Å². The Kier molecular flexibility index (Phi) is 6.87. The maximum atomic E-state index is 11.6. The molecule has 1 unspecified atom stereocenters. The maximum Gasteiger partial charge on any atom is 0.234 e. The maximum absolute atomic E-state index is 11.6. The number of carbonyl (C=O) groups excluding carboxylic acids is 1. The largest absolute Gasteiger partial charge is 0.493 e. The number of hydrogen-bond donors (Lipinski definition) is 2. The van der Waals surface area contributed by atoms with Crippen molar-refractivity contribution in [1.82, 2.24) is 10.6 Å². The van der Waals surface area contributed by atoms with E-state index in [1.54, 1.807) is 14.2 Å². The SMILES string of the molecule is CCC(C)NC(=O)CNCc1ccc(OC)c(OC)c1. The molecule has 1 rings (SSSR count). The van der Waals surface area contributed by atoms with Crippen LogP contribution in [0.5, 0.6) is 11.5 Å². The van der Waals surface area contributed by atoms with Crippen LogP contribution in [0.25, 0.3) is 0 Å². The van der Waals surface area contributed by atoms with Gasteiger partial charge in [0.05, 0.1) is 20.8 Å². The van der Waals surface area contributed by atoms with Crippen molar-refractivity contribution in [1.29, 1.82) is 0 Å². The van der Waals surface area contributed by atoms with Gasteiger partial charge < -0.3 is 20.1 Å². The summed E-state index contributed by atoms with van der Waals surface area (Å²) in [6.45, 7) is 4.95. The molecule has 0 aliphatic rings. The second kappa shape index (κ2) is 8.43. The van der Waals surface area contributed by atoms with Gasteiger partial charge in [-0.3, -0.25) is 4.79 Å². The van der Waals surface area contributed by atoms with E-state index in [0.29, 0.717) is 24.6 Å². The van der Waals surface area contributed by atoms with Crippen LogP contribution in [0.3, 0.4) is 0 Å². The first-order valence-corrected chi connectivity index (χ1v) is 6.81. The van der Waals surface area contributed by atoms with Crippen LogP contribution in [0.15, 0.2) is 18.2 Å². The number of benzene rings is 1. The van der Waals surface area contributed by atoms with Crippen LogP contribution in [-0.4, -0.2) is 32.7 Å². The topological polar surface area (TPSA) is 59.6 Å². The lowest BCUT2D eigenvalue weighted by Gasteiger charge is -2.12. The smallest absolute Gasteiger partial charge is 0.234 e. The highest BCUT2D eigenvalue weighted by atomic mass is 16.5. The molecule has 0 aromatic heterocycles. The highest BCUT2D eigenvalue weighted by Crippen LogP contribution is 2.27. The highest BCUT2D eigenvalue weighted by Gasteiger charge is 2.06. The molecule has 1 aromatic carbocycles. The summed E-state index contributed by atoms with van der Waals surface area (Å²) in [5.41, 5.74) is 1.04. The zero-order valence-corrected chi connectivity index (χ0v) is 12.7. The fourth-order valence-corrected chi connectivity index (χ4v) is 1.74. The second-order valence-corrected chi connectivity index (χ2v) is 4.67. The standard InChI is InChI=1S/C15H24N2O3/c1-5-11(2)17-15(18)10-16-9-12-6-7-13(19-3)14(8-12)20-4/h6-8,11,16H,5,9-10H2,1-4H3,(H,17,18). The van der Waals surface area contributed by atoms with E-state index in [2.05, 4.69) is 10.6 Å². The van der Waals surface area contributed by atoms with Crippen molar-refractivity contribution in [2.24, 2.45) is 0 Å². The monoisotopic (exact) mass is 280 g/mol. The van der Waals surface area contributed by atoms with Crippen LogP contribution in [0.2, 0.25) is 0 Å². The minimum Gasteiger partial charge on any atom is -0.493 e. The first-order valence-electron chi connectivity index (χ1n) is 6.81. The van der Waals surface area contributed by atoms with Gasteiger partial charge in [-0.05, 0) is 31.0 Å². The zero-order valence-electron chi connectivity index (χ0n) is 12.7. The Hall–Kier alpha value is -1.75. The van der Waals surface area contributed by atoms with Gasteiger partial charge >= 0.3 is 0 Å². The molecule has 0 saturated heterocycles. The van der Waals surface area contributed by atoms with Crippen LogP contribution in [0, 0.1) is 0 Å². The summed E-state index contributed by atoms with van der Waals surface area (Å²) in [5, 5.41) is 6.02. The molecule has 1 amide bonds. The van der Waals surface area contributed by atoms with Crippen LogP contribution >= 0.6 is 0 Å². The third-order valence-electron chi connectivity index (χ3n) is 3.08. The normalized spacial score (nSPS) is 11.8. The molecular weight excluding hydrogens is 256 g/mol. The van der Waals surface area contributed by atoms with Gasteiger partial charge in [0.1, 0.15) is 0 Å². The molecule has 0 heterocycles. The molecule has 5 heteroatoms. The fourth-order valence-electron chi connectivity index (χ4n) is 1.74. The van der Waals surface area contributed by atoms with E-state index in [1.165, 1.54) is 0 Å². The van der Waals surface area contributed by atoms with Crippen LogP contribution in [0.4, 0.5) is 0 Å².